The molecule has 0 radical (unpaired) electrons. The molecule has 5 heteroatoms. The van der Waals surface area contributed by atoms with Crippen molar-refractivity contribution in [2.75, 3.05) is 25.1 Å². The van der Waals surface area contributed by atoms with Crippen molar-refractivity contribution in [1.29, 1.82) is 0 Å². The van der Waals surface area contributed by atoms with Crippen LogP contribution in [0.3, 0.4) is 0 Å². The number of oxime groups is 1. The Kier molecular flexibility index (Phi) is 4.71. The average molecular weight is 277 g/mol. The number of nitrogens with zero attached hydrogens (tertiary/aromatic N) is 2. The van der Waals surface area contributed by atoms with Crippen LogP contribution in [0.5, 0.6) is 5.75 Å². The third kappa shape index (κ3) is 2.98. The van der Waals surface area contributed by atoms with Gasteiger partial charge in [-0.15, -0.1) is 0 Å². The highest BCUT2D eigenvalue weighted by molar-refractivity contribution is 6.02. The molecular formula is C15H23N3O2. The van der Waals surface area contributed by atoms with Gasteiger partial charge in [-0.05, 0) is 30.9 Å². The smallest absolute Gasteiger partial charge is 0.172 e. The van der Waals surface area contributed by atoms with Crippen LogP contribution in [-0.2, 0) is 0 Å². The third-order valence-electron chi connectivity index (χ3n) is 3.91. The Balaban J connectivity index is 2.29. The van der Waals surface area contributed by atoms with E-state index in [-0.39, 0.29) is 5.84 Å². The van der Waals surface area contributed by atoms with Crippen LogP contribution in [-0.4, -0.2) is 31.2 Å². The molecule has 3 N–H and O–H groups in total. The number of amidine groups is 1. The molecule has 0 amide bonds. The highest BCUT2D eigenvalue weighted by Crippen LogP contribution is 2.31. The molecule has 1 saturated heterocycles. The summed E-state index contributed by atoms with van der Waals surface area (Å²) in [6, 6.07) is 5.63. The molecule has 1 unspecified atom stereocenters. The Hall–Kier alpha value is -1.91. The first-order valence-electron chi connectivity index (χ1n) is 7.10. The highest BCUT2D eigenvalue weighted by Gasteiger charge is 2.24. The quantitative estimate of drug-likeness (QED) is 0.375. The van der Waals surface area contributed by atoms with Gasteiger partial charge in [0.2, 0.25) is 0 Å². The first-order chi connectivity index (χ1) is 9.69. The Morgan fingerprint density at radius 2 is 2.35 bits per heavy atom. The van der Waals surface area contributed by atoms with E-state index in [9.17, 15) is 0 Å². The predicted octanol–water partition coefficient (Wildman–Crippen LogP) is 2.42. The molecule has 110 valence electrons. The molecule has 1 aromatic rings. The number of benzene rings is 1. The van der Waals surface area contributed by atoms with Crippen molar-refractivity contribution in [3.8, 4) is 5.75 Å². The maximum absolute atomic E-state index is 8.93. The van der Waals surface area contributed by atoms with Gasteiger partial charge in [-0.25, -0.2) is 0 Å². The summed E-state index contributed by atoms with van der Waals surface area (Å²) in [4.78, 5) is 2.30. The summed E-state index contributed by atoms with van der Waals surface area (Å²) in [7, 11) is 1.64. The van der Waals surface area contributed by atoms with Crippen molar-refractivity contribution in [3.63, 3.8) is 0 Å². The van der Waals surface area contributed by atoms with Gasteiger partial charge < -0.3 is 20.6 Å². The van der Waals surface area contributed by atoms with Gasteiger partial charge in [0.15, 0.2) is 5.84 Å². The summed E-state index contributed by atoms with van der Waals surface area (Å²) in [5, 5.41) is 12.1. The van der Waals surface area contributed by atoms with Crippen molar-refractivity contribution in [2.24, 2.45) is 16.8 Å². The monoisotopic (exact) mass is 277 g/mol. The lowest BCUT2D eigenvalue weighted by Gasteiger charge is -2.22. The number of methoxy groups -OCH3 is 1. The second kappa shape index (κ2) is 6.50. The van der Waals surface area contributed by atoms with Gasteiger partial charge in [-0.2, -0.15) is 0 Å². The Morgan fingerprint density at radius 3 is 3.00 bits per heavy atom. The minimum atomic E-state index is 0.140. The second-order valence-electron chi connectivity index (χ2n) is 5.26. The van der Waals surface area contributed by atoms with Gasteiger partial charge >= 0.3 is 0 Å². The molecule has 1 heterocycles. The molecule has 0 bridgehead atoms. The van der Waals surface area contributed by atoms with Gasteiger partial charge in [0.1, 0.15) is 5.75 Å². The van der Waals surface area contributed by atoms with Crippen LogP contribution >= 0.6 is 0 Å². The van der Waals surface area contributed by atoms with E-state index in [1.54, 1.807) is 7.11 Å². The van der Waals surface area contributed by atoms with Crippen LogP contribution in [0, 0.1) is 5.92 Å². The largest absolute Gasteiger partial charge is 0.497 e. The van der Waals surface area contributed by atoms with Crippen LogP contribution in [0.4, 0.5) is 5.69 Å². The van der Waals surface area contributed by atoms with Crippen LogP contribution in [0.15, 0.2) is 23.4 Å². The van der Waals surface area contributed by atoms with Gasteiger partial charge in [0.05, 0.1) is 12.8 Å². The molecule has 0 aromatic heterocycles. The van der Waals surface area contributed by atoms with Gasteiger partial charge in [0.25, 0.3) is 0 Å². The van der Waals surface area contributed by atoms with Crippen molar-refractivity contribution in [3.05, 3.63) is 23.8 Å². The summed E-state index contributed by atoms with van der Waals surface area (Å²) in [5.74, 6) is 1.65. The van der Waals surface area contributed by atoms with E-state index in [2.05, 4.69) is 17.0 Å². The minimum Gasteiger partial charge on any atom is -0.497 e. The van der Waals surface area contributed by atoms with E-state index >= 15 is 0 Å². The SMILES string of the molecule is CCCC1CCN(c2cc(OC)ccc2/C(N)=N/O)C1. The second-order valence-corrected chi connectivity index (χ2v) is 5.26. The van der Waals surface area contributed by atoms with Crippen LogP contribution < -0.4 is 15.4 Å². The molecule has 1 aliphatic rings. The molecule has 0 spiro atoms. The number of anilines is 1. The molecule has 1 atom stereocenters. The third-order valence-corrected chi connectivity index (χ3v) is 3.91. The molecule has 20 heavy (non-hydrogen) atoms. The van der Waals surface area contributed by atoms with Gasteiger partial charge in [-0.1, -0.05) is 18.5 Å². The standard InChI is InChI=1S/C15H23N3O2/c1-3-4-11-7-8-18(10-11)14-9-12(20-2)5-6-13(14)15(16)17-19/h5-6,9,11,19H,3-4,7-8,10H2,1-2H3,(H2,16,17). The van der Waals surface area contributed by atoms with Gasteiger partial charge in [0, 0.05) is 24.7 Å². The maximum atomic E-state index is 8.93. The summed E-state index contributed by atoms with van der Waals surface area (Å²) in [6.07, 6.45) is 3.66. The lowest BCUT2D eigenvalue weighted by Crippen LogP contribution is -2.24. The zero-order valence-corrected chi connectivity index (χ0v) is 12.2. The van der Waals surface area contributed by atoms with Crippen LogP contribution in [0.2, 0.25) is 0 Å². The van der Waals surface area contributed by atoms with E-state index in [1.807, 2.05) is 18.2 Å². The molecular weight excluding hydrogens is 254 g/mol. The van der Waals surface area contributed by atoms with Crippen molar-refractivity contribution in [2.45, 2.75) is 26.2 Å². The van der Waals surface area contributed by atoms with Crippen molar-refractivity contribution in [1.82, 2.24) is 0 Å². The van der Waals surface area contributed by atoms with Crippen LogP contribution in [0.25, 0.3) is 0 Å². The fraction of sp³-hybridized carbons (Fsp3) is 0.533. The number of hydrogen-bond acceptors (Lipinski definition) is 4. The summed E-state index contributed by atoms with van der Waals surface area (Å²) in [5.41, 5.74) is 7.52. The van der Waals surface area contributed by atoms with E-state index in [4.69, 9.17) is 15.7 Å². The van der Waals surface area contributed by atoms with E-state index in [0.717, 1.165) is 36.0 Å². The lowest BCUT2D eigenvalue weighted by atomic mass is 10.0. The highest BCUT2D eigenvalue weighted by atomic mass is 16.5. The number of nitrogens with two attached hydrogens (primary N) is 1. The zero-order valence-electron chi connectivity index (χ0n) is 12.2. The Morgan fingerprint density at radius 1 is 1.55 bits per heavy atom. The molecule has 0 saturated carbocycles. The van der Waals surface area contributed by atoms with E-state index in [1.165, 1.54) is 19.3 Å². The summed E-state index contributed by atoms with van der Waals surface area (Å²) < 4.78 is 5.29. The first kappa shape index (κ1) is 14.5. The Labute approximate surface area is 120 Å². The molecule has 1 aromatic carbocycles. The molecule has 1 aliphatic heterocycles. The van der Waals surface area contributed by atoms with Crippen LogP contribution in [0.1, 0.15) is 31.7 Å². The molecule has 5 nitrogen and oxygen atoms in total. The summed E-state index contributed by atoms with van der Waals surface area (Å²) >= 11 is 0. The van der Waals surface area contributed by atoms with E-state index in [0.29, 0.717) is 0 Å². The topological polar surface area (TPSA) is 71.1 Å². The minimum absolute atomic E-state index is 0.140. The van der Waals surface area contributed by atoms with Crippen molar-refractivity contribution >= 4 is 11.5 Å². The Bertz CT molecular complexity index is 488. The number of hydrogen-bond donors (Lipinski definition) is 2. The number of rotatable bonds is 5. The number of ether oxygens (including phenoxy) is 1. The first-order valence-corrected chi connectivity index (χ1v) is 7.10. The summed E-state index contributed by atoms with van der Waals surface area (Å²) in [6.45, 7) is 4.24. The van der Waals surface area contributed by atoms with Gasteiger partial charge in [-0.3, -0.25) is 0 Å². The van der Waals surface area contributed by atoms with Crippen molar-refractivity contribution < 1.29 is 9.94 Å². The maximum Gasteiger partial charge on any atom is 0.172 e. The zero-order chi connectivity index (χ0) is 14.5. The average Bonchev–Trinajstić information content (AvgIpc) is 2.94. The fourth-order valence-corrected chi connectivity index (χ4v) is 2.87. The van der Waals surface area contributed by atoms with E-state index < -0.39 is 0 Å². The molecule has 2 rings (SSSR count). The predicted molar refractivity (Wildman–Crippen MR) is 80.7 cm³/mol. The molecule has 1 fully saturated rings. The fourth-order valence-electron chi connectivity index (χ4n) is 2.87. The molecule has 0 aliphatic carbocycles. The lowest BCUT2D eigenvalue weighted by molar-refractivity contribution is 0.318. The normalized spacial score (nSPS) is 19.4.